The van der Waals surface area contributed by atoms with Gasteiger partial charge in [0.15, 0.2) is 0 Å². The van der Waals surface area contributed by atoms with E-state index in [1.807, 2.05) is 0 Å². The van der Waals surface area contributed by atoms with Crippen LogP contribution in [0.25, 0.3) is 0 Å². The highest BCUT2D eigenvalue weighted by molar-refractivity contribution is 5.48. The molecule has 0 bridgehead atoms. The Hall–Kier alpha value is -1.02. The van der Waals surface area contributed by atoms with E-state index in [0.717, 1.165) is 6.54 Å². The normalized spacial score (nSPS) is 24.1. The summed E-state index contributed by atoms with van der Waals surface area (Å²) in [6, 6.07) is 9.76. The molecule has 1 saturated carbocycles. The molecule has 1 saturated heterocycles. The van der Waals surface area contributed by atoms with Gasteiger partial charge in [-0.05, 0) is 41.4 Å². The van der Waals surface area contributed by atoms with Gasteiger partial charge in [-0.25, -0.2) is 0 Å². The third-order valence-corrected chi connectivity index (χ3v) is 5.94. The van der Waals surface area contributed by atoms with Crippen LogP contribution in [0.4, 0.5) is 5.69 Å². The fourth-order valence-electron chi connectivity index (χ4n) is 3.73. The first-order valence-corrected chi connectivity index (χ1v) is 8.00. The van der Waals surface area contributed by atoms with Crippen molar-refractivity contribution in [2.24, 2.45) is 10.8 Å². The van der Waals surface area contributed by atoms with E-state index in [0.29, 0.717) is 16.9 Å². The number of nitrogens with zero attached hydrogens (tertiary/aromatic N) is 1. The van der Waals surface area contributed by atoms with E-state index in [1.54, 1.807) is 0 Å². The minimum atomic E-state index is 0.419. The van der Waals surface area contributed by atoms with Crippen molar-refractivity contribution < 1.29 is 0 Å². The second-order valence-electron chi connectivity index (χ2n) is 7.62. The standard InChI is InChI=1S/C18H28N2/c1-17(2)16(18(17,3)4)19-13-14-7-9-15(10-8-14)20-11-5-6-12-20/h7-10,16,19H,5-6,11-13H2,1-4H3. The van der Waals surface area contributed by atoms with E-state index in [-0.39, 0.29) is 0 Å². The molecule has 0 unspecified atom stereocenters. The molecule has 2 fully saturated rings. The van der Waals surface area contributed by atoms with Gasteiger partial charge in [0.25, 0.3) is 0 Å². The lowest BCUT2D eigenvalue weighted by Crippen LogP contribution is -2.22. The summed E-state index contributed by atoms with van der Waals surface area (Å²) < 4.78 is 0. The molecule has 3 rings (SSSR count). The van der Waals surface area contributed by atoms with Gasteiger partial charge in [0.1, 0.15) is 0 Å². The Balaban J connectivity index is 1.57. The zero-order valence-electron chi connectivity index (χ0n) is 13.4. The molecule has 2 heteroatoms. The Morgan fingerprint density at radius 3 is 2.05 bits per heavy atom. The van der Waals surface area contributed by atoms with Crippen molar-refractivity contribution in [2.75, 3.05) is 18.0 Å². The highest BCUT2D eigenvalue weighted by Gasteiger charge is 2.64. The molecule has 0 radical (unpaired) electrons. The first-order valence-electron chi connectivity index (χ1n) is 8.00. The maximum Gasteiger partial charge on any atom is 0.0366 e. The number of benzene rings is 1. The summed E-state index contributed by atoms with van der Waals surface area (Å²) in [6.07, 6.45) is 2.68. The molecular weight excluding hydrogens is 244 g/mol. The molecule has 2 aliphatic rings. The summed E-state index contributed by atoms with van der Waals surface area (Å²) in [6.45, 7) is 12.9. The SMILES string of the molecule is CC1(C)C(NCc2ccc(N3CCCC3)cc2)C1(C)C. The predicted molar refractivity (Wildman–Crippen MR) is 86.1 cm³/mol. The van der Waals surface area contributed by atoms with E-state index >= 15 is 0 Å². The van der Waals surface area contributed by atoms with Crippen molar-refractivity contribution >= 4 is 5.69 Å². The van der Waals surface area contributed by atoms with Crippen molar-refractivity contribution in [3.63, 3.8) is 0 Å². The summed E-state index contributed by atoms with van der Waals surface area (Å²) in [5, 5.41) is 3.73. The maximum absolute atomic E-state index is 3.73. The van der Waals surface area contributed by atoms with E-state index in [9.17, 15) is 0 Å². The highest BCUT2D eigenvalue weighted by atomic mass is 15.1. The van der Waals surface area contributed by atoms with Gasteiger partial charge in [0, 0.05) is 31.4 Å². The zero-order valence-corrected chi connectivity index (χ0v) is 13.4. The van der Waals surface area contributed by atoms with Crippen LogP contribution in [0.15, 0.2) is 24.3 Å². The summed E-state index contributed by atoms with van der Waals surface area (Å²) in [7, 11) is 0. The van der Waals surface area contributed by atoms with Gasteiger partial charge in [0.2, 0.25) is 0 Å². The third-order valence-electron chi connectivity index (χ3n) is 5.94. The van der Waals surface area contributed by atoms with Crippen LogP contribution in [0.5, 0.6) is 0 Å². The maximum atomic E-state index is 3.73. The number of hydrogen-bond donors (Lipinski definition) is 1. The molecule has 1 heterocycles. The fourth-order valence-corrected chi connectivity index (χ4v) is 3.73. The lowest BCUT2D eigenvalue weighted by atomic mass is 10.0. The number of rotatable bonds is 4. The monoisotopic (exact) mass is 272 g/mol. The van der Waals surface area contributed by atoms with Crippen molar-refractivity contribution in [3.8, 4) is 0 Å². The topological polar surface area (TPSA) is 15.3 Å². The van der Waals surface area contributed by atoms with Crippen LogP contribution in [0.3, 0.4) is 0 Å². The number of nitrogens with one attached hydrogen (secondary N) is 1. The minimum absolute atomic E-state index is 0.419. The fraction of sp³-hybridized carbons (Fsp3) is 0.667. The van der Waals surface area contributed by atoms with Crippen molar-refractivity contribution in [3.05, 3.63) is 29.8 Å². The Bertz CT molecular complexity index is 453. The smallest absolute Gasteiger partial charge is 0.0366 e. The van der Waals surface area contributed by atoms with Gasteiger partial charge >= 0.3 is 0 Å². The summed E-state index contributed by atoms with van der Waals surface area (Å²) in [4.78, 5) is 2.49. The Morgan fingerprint density at radius 1 is 1.00 bits per heavy atom. The molecular formula is C18H28N2. The molecule has 0 aromatic heterocycles. The highest BCUT2D eigenvalue weighted by Crippen LogP contribution is 2.62. The number of anilines is 1. The van der Waals surface area contributed by atoms with Crippen LogP contribution >= 0.6 is 0 Å². The molecule has 1 aliphatic carbocycles. The van der Waals surface area contributed by atoms with Gasteiger partial charge in [0.05, 0.1) is 0 Å². The second kappa shape index (κ2) is 4.77. The van der Waals surface area contributed by atoms with E-state index in [4.69, 9.17) is 0 Å². The van der Waals surface area contributed by atoms with Crippen molar-refractivity contribution in [2.45, 2.75) is 53.1 Å². The van der Waals surface area contributed by atoms with Crippen LogP contribution in [0, 0.1) is 10.8 Å². The molecule has 1 N–H and O–H groups in total. The lowest BCUT2D eigenvalue weighted by molar-refractivity contribution is 0.457. The van der Waals surface area contributed by atoms with Gasteiger partial charge in [-0.2, -0.15) is 0 Å². The molecule has 20 heavy (non-hydrogen) atoms. The summed E-state index contributed by atoms with van der Waals surface area (Å²) >= 11 is 0. The summed E-state index contributed by atoms with van der Waals surface area (Å²) in [5.74, 6) is 0. The van der Waals surface area contributed by atoms with Crippen LogP contribution in [-0.4, -0.2) is 19.1 Å². The van der Waals surface area contributed by atoms with Crippen LogP contribution < -0.4 is 10.2 Å². The molecule has 1 aromatic carbocycles. The Labute approximate surface area is 123 Å². The zero-order chi connectivity index (χ0) is 14.4. The molecule has 0 amide bonds. The van der Waals surface area contributed by atoms with Crippen molar-refractivity contribution in [1.82, 2.24) is 5.32 Å². The third kappa shape index (κ3) is 2.24. The average molecular weight is 272 g/mol. The first kappa shape index (κ1) is 13.9. The molecule has 2 nitrogen and oxygen atoms in total. The Kier molecular flexibility index (Phi) is 3.32. The first-order chi connectivity index (χ1) is 9.43. The average Bonchev–Trinajstić information content (AvgIpc) is 2.83. The number of hydrogen-bond acceptors (Lipinski definition) is 2. The lowest BCUT2D eigenvalue weighted by Gasteiger charge is -2.17. The predicted octanol–water partition coefficient (Wildman–Crippen LogP) is 3.81. The quantitative estimate of drug-likeness (QED) is 0.896. The van der Waals surface area contributed by atoms with Crippen molar-refractivity contribution in [1.29, 1.82) is 0 Å². The summed E-state index contributed by atoms with van der Waals surface area (Å²) in [5.41, 5.74) is 3.62. The van der Waals surface area contributed by atoms with Gasteiger partial charge in [-0.15, -0.1) is 0 Å². The van der Waals surface area contributed by atoms with Gasteiger partial charge in [-0.3, -0.25) is 0 Å². The molecule has 110 valence electrons. The Morgan fingerprint density at radius 2 is 1.55 bits per heavy atom. The minimum Gasteiger partial charge on any atom is -0.372 e. The van der Waals surface area contributed by atoms with E-state index in [2.05, 4.69) is 62.2 Å². The van der Waals surface area contributed by atoms with Crippen LogP contribution in [-0.2, 0) is 6.54 Å². The molecule has 0 atom stereocenters. The largest absolute Gasteiger partial charge is 0.372 e. The molecule has 1 aliphatic heterocycles. The second-order valence-corrected chi connectivity index (χ2v) is 7.62. The van der Waals surface area contributed by atoms with Gasteiger partial charge < -0.3 is 10.2 Å². The molecule has 1 aromatic rings. The van der Waals surface area contributed by atoms with E-state index in [1.165, 1.54) is 37.2 Å². The molecule has 0 spiro atoms. The van der Waals surface area contributed by atoms with Crippen LogP contribution in [0.1, 0.15) is 46.1 Å². The van der Waals surface area contributed by atoms with E-state index < -0.39 is 0 Å². The van der Waals surface area contributed by atoms with Crippen LogP contribution in [0.2, 0.25) is 0 Å². The van der Waals surface area contributed by atoms with Gasteiger partial charge in [-0.1, -0.05) is 39.8 Å².